The normalized spacial score (nSPS) is 19.0. The molecule has 7 nitrogen and oxygen atoms in total. The van der Waals surface area contributed by atoms with E-state index in [4.69, 9.17) is 0 Å². The van der Waals surface area contributed by atoms with E-state index >= 15 is 0 Å². The summed E-state index contributed by atoms with van der Waals surface area (Å²) in [5, 5.41) is 11.9. The van der Waals surface area contributed by atoms with Gasteiger partial charge < -0.3 is 10.00 Å². The van der Waals surface area contributed by atoms with Crippen LogP contribution in [0, 0.1) is 0 Å². The molecule has 2 aromatic heterocycles. The first-order chi connectivity index (χ1) is 9.15. The molecule has 3 N–H and O–H groups in total. The minimum atomic E-state index is -0.143. The SMILES string of the molecule is O=C(c1[nH]ncc1Br)N1CCC(c2cc(=O)[nH][nH]2)C1. The van der Waals surface area contributed by atoms with Crippen molar-refractivity contribution in [3.63, 3.8) is 0 Å². The number of nitrogens with one attached hydrogen (secondary N) is 3. The highest BCUT2D eigenvalue weighted by atomic mass is 79.9. The minimum Gasteiger partial charge on any atom is -0.337 e. The van der Waals surface area contributed by atoms with E-state index in [1.165, 1.54) is 0 Å². The van der Waals surface area contributed by atoms with Crippen LogP contribution in [0.4, 0.5) is 0 Å². The fourth-order valence-electron chi connectivity index (χ4n) is 2.35. The maximum atomic E-state index is 12.3. The molecule has 1 fully saturated rings. The number of H-pyrrole nitrogens is 3. The zero-order chi connectivity index (χ0) is 13.4. The molecule has 2 aromatic rings. The van der Waals surface area contributed by atoms with Crippen molar-refractivity contribution >= 4 is 21.8 Å². The maximum absolute atomic E-state index is 12.3. The van der Waals surface area contributed by atoms with Crippen LogP contribution in [0.5, 0.6) is 0 Å². The zero-order valence-electron chi connectivity index (χ0n) is 9.94. The van der Waals surface area contributed by atoms with Crippen molar-refractivity contribution in [3.8, 4) is 0 Å². The van der Waals surface area contributed by atoms with Crippen molar-refractivity contribution in [2.75, 3.05) is 13.1 Å². The van der Waals surface area contributed by atoms with Gasteiger partial charge in [-0.05, 0) is 22.4 Å². The monoisotopic (exact) mass is 325 g/mol. The first kappa shape index (κ1) is 12.2. The number of amides is 1. The Morgan fingerprint density at radius 2 is 2.32 bits per heavy atom. The largest absolute Gasteiger partial charge is 0.337 e. The van der Waals surface area contributed by atoms with Crippen LogP contribution in [0.15, 0.2) is 21.5 Å². The van der Waals surface area contributed by atoms with Crippen LogP contribution in [0.1, 0.15) is 28.5 Å². The van der Waals surface area contributed by atoms with E-state index in [1.54, 1.807) is 17.2 Å². The molecule has 1 aliphatic heterocycles. The van der Waals surface area contributed by atoms with Gasteiger partial charge in [0, 0.05) is 30.8 Å². The molecule has 100 valence electrons. The Kier molecular flexibility index (Phi) is 3.02. The fourth-order valence-corrected chi connectivity index (χ4v) is 2.71. The van der Waals surface area contributed by atoms with E-state index in [0.717, 1.165) is 12.1 Å². The second-order valence-electron chi connectivity index (χ2n) is 4.54. The van der Waals surface area contributed by atoms with Gasteiger partial charge in [0.05, 0.1) is 10.7 Å². The first-order valence-electron chi connectivity index (χ1n) is 5.91. The van der Waals surface area contributed by atoms with Gasteiger partial charge in [-0.1, -0.05) is 0 Å². The lowest BCUT2D eigenvalue weighted by atomic mass is 10.1. The van der Waals surface area contributed by atoms with E-state index in [1.807, 2.05) is 0 Å². The topological polar surface area (TPSA) is 97.6 Å². The summed E-state index contributed by atoms with van der Waals surface area (Å²) in [6, 6.07) is 1.55. The molecule has 1 unspecified atom stereocenters. The fraction of sp³-hybridized carbons (Fsp3) is 0.364. The lowest BCUT2D eigenvalue weighted by Crippen LogP contribution is -2.29. The average Bonchev–Trinajstić information content (AvgIpc) is 3.07. The number of nitrogens with zero attached hydrogens (tertiary/aromatic N) is 2. The van der Waals surface area contributed by atoms with Crippen molar-refractivity contribution < 1.29 is 4.79 Å². The third kappa shape index (κ3) is 2.23. The van der Waals surface area contributed by atoms with Crippen LogP contribution in [-0.2, 0) is 0 Å². The molecule has 0 radical (unpaired) electrons. The highest BCUT2D eigenvalue weighted by molar-refractivity contribution is 9.10. The lowest BCUT2D eigenvalue weighted by molar-refractivity contribution is 0.0784. The second-order valence-corrected chi connectivity index (χ2v) is 5.40. The second kappa shape index (κ2) is 4.69. The molecule has 1 aliphatic rings. The van der Waals surface area contributed by atoms with E-state index < -0.39 is 0 Å². The molecule has 3 rings (SSSR count). The Hall–Kier alpha value is -1.83. The van der Waals surface area contributed by atoms with E-state index in [9.17, 15) is 9.59 Å². The summed E-state index contributed by atoms with van der Waals surface area (Å²) in [6.07, 6.45) is 2.40. The van der Waals surface area contributed by atoms with Crippen LogP contribution < -0.4 is 5.56 Å². The summed E-state index contributed by atoms with van der Waals surface area (Å²) in [5.41, 5.74) is 1.17. The molecule has 1 saturated heterocycles. The van der Waals surface area contributed by atoms with Gasteiger partial charge in [-0.25, -0.2) is 0 Å². The molecule has 0 aromatic carbocycles. The summed E-state index contributed by atoms with van der Waals surface area (Å²) < 4.78 is 0.663. The molecule has 1 amide bonds. The predicted molar refractivity (Wildman–Crippen MR) is 71.0 cm³/mol. The van der Waals surface area contributed by atoms with Gasteiger partial charge in [0.1, 0.15) is 5.69 Å². The number of hydrogen-bond acceptors (Lipinski definition) is 3. The van der Waals surface area contributed by atoms with E-state index in [-0.39, 0.29) is 17.4 Å². The van der Waals surface area contributed by atoms with Crippen LogP contribution >= 0.6 is 15.9 Å². The van der Waals surface area contributed by atoms with Crippen LogP contribution in [-0.4, -0.2) is 44.3 Å². The van der Waals surface area contributed by atoms with Crippen LogP contribution in [0.25, 0.3) is 0 Å². The standard InChI is InChI=1S/C11H12BrN5O2/c12-7-4-13-16-10(7)11(19)17-2-1-6(5-17)8-3-9(18)15-14-8/h3-4,6H,1-2,5H2,(H,13,16)(H2,14,15,18). The number of rotatable bonds is 2. The number of hydrogen-bond donors (Lipinski definition) is 3. The number of aromatic amines is 3. The zero-order valence-corrected chi connectivity index (χ0v) is 11.5. The summed E-state index contributed by atoms with van der Waals surface area (Å²) in [6.45, 7) is 1.26. The molecule has 1 atom stereocenters. The Labute approximate surface area is 116 Å². The van der Waals surface area contributed by atoms with Gasteiger partial charge in [-0.2, -0.15) is 5.10 Å². The van der Waals surface area contributed by atoms with Crippen molar-refractivity contribution in [2.24, 2.45) is 0 Å². The van der Waals surface area contributed by atoms with Crippen molar-refractivity contribution in [2.45, 2.75) is 12.3 Å². The first-order valence-corrected chi connectivity index (χ1v) is 6.70. The van der Waals surface area contributed by atoms with E-state index in [0.29, 0.717) is 23.3 Å². The molecule has 0 saturated carbocycles. The summed E-state index contributed by atoms with van der Waals surface area (Å²) in [5.74, 6) is 0.0920. The summed E-state index contributed by atoms with van der Waals surface area (Å²) in [7, 11) is 0. The molecular formula is C11H12BrN5O2. The number of aromatic nitrogens is 4. The smallest absolute Gasteiger partial charge is 0.273 e. The summed E-state index contributed by atoms with van der Waals surface area (Å²) in [4.78, 5) is 25.1. The van der Waals surface area contributed by atoms with Crippen molar-refractivity contribution in [3.05, 3.63) is 38.5 Å². The molecule has 8 heteroatoms. The minimum absolute atomic E-state index is 0.0789. The Bertz CT molecular complexity index is 658. The molecule has 3 heterocycles. The van der Waals surface area contributed by atoms with Gasteiger partial charge in [0.25, 0.3) is 11.5 Å². The van der Waals surface area contributed by atoms with Gasteiger partial charge >= 0.3 is 0 Å². The van der Waals surface area contributed by atoms with Crippen molar-refractivity contribution in [1.29, 1.82) is 0 Å². The van der Waals surface area contributed by atoms with Crippen molar-refractivity contribution in [1.82, 2.24) is 25.3 Å². The maximum Gasteiger partial charge on any atom is 0.273 e. The van der Waals surface area contributed by atoms with Gasteiger partial charge in [-0.15, -0.1) is 0 Å². The Morgan fingerprint density at radius 3 is 2.95 bits per heavy atom. The van der Waals surface area contributed by atoms with Gasteiger partial charge in [0.15, 0.2) is 0 Å². The number of carbonyl (C=O) groups is 1. The lowest BCUT2D eigenvalue weighted by Gasteiger charge is -2.15. The molecule has 19 heavy (non-hydrogen) atoms. The number of carbonyl (C=O) groups excluding carboxylic acids is 1. The Morgan fingerprint density at radius 1 is 1.47 bits per heavy atom. The Balaban J connectivity index is 1.74. The van der Waals surface area contributed by atoms with E-state index in [2.05, 4.69) is 36.3 Å². The number of likely N-dealkylation sites (tertiary alicyclic amines) is 1. The van der Waals surface area contributed by atoms with Crippen LogP contribution in [0.2, 0.25) is 0 Å². The van der Waals surface area contributed by atoms with Crippen LogP contribution in [0.3, 0.4) is 0 Å². The highest BCUT2D eigenvalue weighted by Gasteiger charge is 2.30. The highest BCUT2D eigenvalue weighted by Crippen LogP contribution is 2.26. The van der Waals surface area contributed by atoms with Gasteiger partial charge in [-0.3, -0.25) is 19.8 Å². The molecule has 0 aliphatic carbocycles. The summed E-state index contributed by atoms with van der Waals surface area (Å²) >= 11 is 3.28. The molecule has 0 bridgehead atoms. The third-order valence-electron chi connectivity index (χ3n) is 3.34. The molecular weight excluding hydrogens is 314 g/mol. The molecule has 0 spiro atoms. The van der Waals surface area contributed by atoms with Gasteiger partial charge in [0.2, 0.25) is 0 Å². The average molecular weight is 326 g/mol. The number of halogens is 1. The third-order valence-corrected chi connectivity index (χ3v) is 3.94. The predicted octanol–water partition coefficient (Wildman–Crippen LogP) is 0.818. The quantitative estimate of drug-likeness (QED) is 0.762.